The molecule has 0 amide bonds. The predicted molar refractivity (Wildman–Crippen MR) is 96.0 cm³/mol. The van der Waals surface area contributed by atoms with Gasteiger partial charge in [0.05, 0.1) is 5.69 Å². The quantitative estimate of drug-likeness (QED) is 0.832. The maximum absolute atomic E-state index is 5.69. The molecule has 2 aromatic carbocycles. The molecule has 0 radical (unpaired) electrons. The third-order valence-electron chi connectivity index (χ3n) is 3.45. The van der Waals surface area contributed by atoms with Crippen molar-refractivity contribution in [2.45, 2.75) is 27.2 Å². The van der Waals surface area contributed by atoms with Crippen molar-refractivity contribution in [1.82, 2.24) is 0 Å². The average Bonchev–Trinajstić information content (AvgIpc) is 2.62. The van der Waals surface area contributed by atoms with Crippen LogP contribution in [-0.2, 0) is 0 Å². The molecule has 1 heterocycles. The third kappa shape index (κ3) is 3.94. The van der Waals surface area contributed by atoms with Crippen LogP contribution in [0.1, 0.15) is 27.2 Å². The van der Waals surface area contributed by atoms with Crippen molar-refractivity contribution in [2.75, 3.05) is 30.3 Å². The van der Waals surface area contributed by atoms with E-state index < -0.39 is 0 Å². The van der Waals surface area contributed by atoms with Gasteiger partial charge in [-0.2, -0.15) is 0 Å². The first-order valence-electron chi connectivity index (χ1n) is 8.22. The number of fused-ring (bicyclic) bond motifs is 1. The summed E-state index contributed by atoms with van der Waals surface area (Å²) in [5.41, 5.74) is 4.66. The van der Waals surface area contributed by atoms with Gasteiger partial charge >= 0.3 is 0 Å². The zero-order valence-electron chi connectivity index (χ0n) is 13.8. The molecular weight excluding hydrogens is 272 g/mol. The summed E-state index contributed by atoms with van der Waals surface area (Å²) in [4.78, 5) is 0. The van der Waals surface area contributed by atoms with Crippen molar-refractivity contribution < 1.29 is 4.74 Å². The molecule has 2 N–H and O–H groups in total. The van der Waals surface area contributed by atoms with Gasteiger partial charge in [0, 0.05) is 18.8 Å². The smallest absolute Gasteiger partial charge is 0.143 e. The Labute approximate surface area is 133 Å². The van der Waals surface area contributed by atoms with E-state index in [-0.39, 0.29) is 0 Å². The minimum absolute atomic E-state index is 0.732. The topological polar surface area (TPSA) is 33.3 Å². The normalized spacial score (nSPS) is 12.1. The maximum Gasteiger partial charge on any atom is 0.143 e. The second-order valence-corrected chi connectivity index (χ2v) is 4.99. The lowest BCUT2D eigenvalue weighted by Crippen LogP contribution is -2.17. The maximum atomic E-state index is 5.69. The molecule has 3 rings (SSSR count). The van der Waals surface area contributed by atoms with Gasteiger partial charge in [-0.15, -0.1) is 0 Å². The van der Waals surface area contributed by atoms with Crippen LogP contribution in [0.25, 0.3) is 11.1 Å². The number of hydrogen-bond acceptors (Lipinski definition) is 3. The highest BCUT2D eigenvalue weighted by atomic mass is 16.5. The zero-order chi connectivity index (χ0) is 15.8. The first-order valence-corrected chi connectivity index (χ1v) is 8.22. The van der Waals surface area contributed by atoms with Crippen LogP contribution in [0.15, 0.2) is 42.5 Å². The van der Waals surface area contributed by atoms with Crippen molar-refractivity contribution in [1.29, 1.82) is 0 Å². The molecule has 0 spiro atoms. The SMILES string of the molecule is CC.CCCNc1ccc(-c2ccc3c(c2)OCCN3)cc1. The Bertz CT molecular complexity index is 578. The molecule has 0 saturated carbocycles. The Morgan fingerprint density at radius 2 is 1.77 bits per heavy atom. The molecule has 0 aromatic heterocycles. The van der Waals surface area contributed by atoms with E-state index in [0.717, 1.165) is 37.6 Å². The Balaban J connectivity index is 0.000000847. The van der Waals surface area contributed by atoms with Gasteiger partial charge in [-0.25, -0.2) is 0 Å². The van der Waals surface area contributed by atoms with Gasteiger partial charge in [-0.1, -0.05) is 39.0 Å². The number of nitrogens with one attached hydrogen (secondary N) is 2. The predicted octanol–water partition coefficient (Wildman–Crippen LogP) is 5.01. The standard InChI is InChI=1S/C17H20N2O.C2H6/c1-2-9-18-15-6-3-13(4-7-15)14-5-8-16-17(12-14)20-11-10-19-16;1-2/h3-8,12,18-19H,2,9-11H2,1H3;1-2H3. The molecule has 2 aromatic rings. The highest BCUT2D eigenvalue weighted by Crippen LogP contribution is 2.32. The Kier molecular flexibility index (Phi) is 6.13. The number of ether oxygens (including phenoxy) is 1. The first kappa shape index (κ1) is 16.2. The number of anilines is 2. The van der Waals surface area contributed by atoms with Gasteiger partial charge in [0.15, 0.2) is 0 Å². The van der Waals surface area contributed by atoms with Crippen molar-refractivity contribution in [2.24, 2.45) is 0 Å². The lowest BCUT2D eigenvalue weighted by atomic mass is 10.0. The van der Waals surface area contributed by atoms with E-state index >= 15 is 0 Å². The van der Waals surface area contributed by atoms with Crippen LogP contribution in [-0.4, -0.2) is 19.7 Å². The van der Waals surface area contributed by atoms with Gasteiger partial charge in [0.1, 0.15) is 12.4 Å². The van der Waals surface area contributed by atoms with Crippen LogP contribution in [0.4, 0.5) is 11.4 Å². The summed E-state index contributed by atoms with van der Waals surface area (Å²) >= 11 is 0. The van der Waals surface area contributed by atoms with Crippen LogP contribution in [0, 0.1) is 0 Å². The summed E-state index contributed by atoms with van der Waals surface area (Å²) in [6.45, 7) is 8.79. The van der Waals surface area contributed by atoms with E-state index in [9.17, 15) is 0 Å². The fourth-order valence-corrected chi connectivity index (χ4v) is 2.36. The largest absolute Gasteiger partial charge is 0.490 e. The van der Waals surface area contributed by atoms with Crippen LogP contribution in [0.2, 0.25) is 0 Å². The van der Waals surface area contributed by atoms with Gasteiger partial charge in [-0.05, 0) is 41.8 Å². The van der Waals surface area contributed by atoms with E-state index in [1.807, 2.05) is 13.8 Å². The molecule has 3 heteroatoms. The molecule has 1 aliphatic rings. The summed E-state index contributed by atoms with van der Waals surface area (Å²) < 4.78 is 5.69. The summed E-state index contributed by atoms with van der Waals surface area (Å²) in [5, 5.41) is 6.73. The fraction of sp³-hybridized carbons (Fsp3) is 0.368. The Hall–Kier alpha value is -2.16. The molecule has 0 unspecified atom stereocenters. The highest BCUT2D eigenvalue weighted by Gasteiger charge is 2.10. The summed E-state index contributed by atoms with van der Waals surface area (Å²) in [6, 6.07) is 14.9. The minimum Gasteiger partial charge on any atom is -0.490 e. The molecule has 0 fully saturated rings. The highest BCUT2D eigenvalue weighted by molar-refractivity contribution is 5.72. The van der Waals surface area contributed by atoms with Gasteiger partial charge in [0.2, 0.25) is 0 Å². The number of rotatable bonds is 4. The Morgan fingerprint density at radius 3 is 2.50 bits per heavy atom. The minimum atomic E-state index is 0.732. The van der Waals surface area contributed by atoms with Gasteiger partial charge in [0.25, 0.3) is 0 Å². The van der Waals surface area contributed by atoms with E-state index in [2.05, 4.69) is 60.0 Å². The second kappa shape index (κ2) is 8.32. The monoisotopic (exact) mass is 298 g/mol. The number of benzene rings is 2. The van der Waals surface area contributed by atoms with Gasteiger partial charge < -0.3 is 15.4 Å². The molecule has 0 atom stereocenters. The third-order valence-corrected chi connectivity index (χ3v) is 3.45. The van der Waals surface area contributed by atoms with Crippen molar-refractivity contribution in [3.05, 3.63) is 42.5 Å². The molecule has 0 bridgehead atoms. The van der Waals surface area contributed by atoms with Crippen molar-refractivity contribution in [3.8, 4) is 16.9 Å². The van der Waals surface area contributed by atoms with Crippen LogP contribution >= 0.6 is 0 Å². The van der Waals surface area contributed by atoms with Crippen LogP contribution in [0.5, 0.6) is 5.75 Å². The first-order chi connectivity index (χ1) is 10.9. The molecule has 118 valence electrons. The molecule has 0 aliphatic carbocycles. The molecule has 0 saturated heterocycles. The fourth-order valence-electron chi connectivity index (χ4n) is 2.36. The van der Waals surface area contributed by atoms with Crippen molar-refractivity contribution >= 4 is 11.4 Å². The van der Waals surface area contributed by atoms with E-state index in [4.69, 9.17) is 4.74 Å². The number of hydrogen-bond donors (Lipinski definition) is 2. The molecule has 22 heavy (non-hydrogen) atoms. The van der Waals surface area contributed by atoms with Gasteiger partial charge in [-0.3, -0.25) is 0 Å². The zero-order valence-corrected chi connectivity index (χ0v) is 13.8. The van der Waals surface area contributed by atoms with Crippen LogP contribution < -0.4 is 15.4 Å². The average molecular weight is 298 g/mol. The molecule has 1 aliphatic heterocycles. The molecule has 3 nitrogen and oxygen atoms in total. The van der Waals surface area contributed by atoms with E-state index in [0.29, 0.717) is 0 Å². The van der Waals surface area contributed by atoms with Crippen molar-refractivity contribution in [3.63, 3.8) is 0 Å². The van der Waals surface area contributed by atoms with Crippen LogP contribution in [0.3, 0.4) is 0 Å². The Morgan fingerprint density at radius 1 is 1.05 bits per heavy atom. The van der Waals surface area contributed by atoms with E-state index in [1.54, 1.807) is 0 Å². The second-order valence-electron chi connectivity index (χ2n) is 4.99. The molecular formula is C19H26N2O. The summed E-state index contributed by atoms with van der Waals surface area (Å²) in [7, 11) is 0. The van der Waals surface area contributed by atoms with E-state index in [1.165, 1.54) is 16.8 Å². The summed E-state index contributed by atoms with van der Waals surface area (Å²) in [6.07, 6.45) is 1.14. The lowest BCUT2D eigenvalue weighted by molar-refractivity contribution is 0.323. The lowest BCUT2D eigenvalue weighted by Gasteiger charge is -2.19. The summed E-state index contributed by atoms with van der Waals surface area (Å²) in [5.74, 6) is 0.946.